The van der Waals surface area contributed by atoms with Crippen LogP contribution < -0.4 is 11.1 Å². The van der Waals surface area contributed by atoms with E-state index in [4.69, 9.17) is 15.2 Å². The Balaban J connectivity index is 2.86. The second-order valence-electron chi connectivity index (χ2n) is 4.84. The van der Waals surface area contributed by atoms with Crippen LogP contribution in [-0.4, -0.2) is 31.8 Å². The molecule has 106 valence electrons. The first-order chi connectivity index (χ1) is 8.89. The van der Waals surface area contributed by atoms with Crippen molar-refractivity contribution >= 4 is 17.3 Å². The molecule has 0 aliphatic carbocycles. The third-order valence-electron chi connectivity index (χ3n) is 2.69. The van der Waals surface area contributed by atoms with Gasteiger partial charge in [0, 0.05) is 24.5 Å². The molecular formula is C14H22N2O3. The molecule has 1 rings (SSSR count). The van der Waals surface area contributed by atoms with Crippen molar-refractivity contribution in [2.24, 2.45) is 0 Å². The van der Waals surface area contributed by atoms with E-state index in [1.54, 1.807) is 18.2 Å². The lowest BCUT2D eigenvalue weighted by Gasteiger charge is -2.26. The molecule has 0 aromatic heterocycles. The highest BCUT2D eigenvalue weighted by Gasteiger charge is 2.19. The number of nitrogen functional groups attached to an aromatic ring is 1. The van der Waals surface area contributed by atoms with Gasteiger partial charge in [-0.2, -0.15) is 0 Å². The van der Waals surface area contributed by atoms with Gasteiger partial charge in [-0.1, -0.05) is 0 Å². The molecule has 1 aromatic rings. The van der Waals surface area contributed by atoms with Crippen molar-refractivity contribution in [3.05, 3.63) is 23.8 Å². The second-order valence-corrected chi connectivity index (χ2v) is 4.84. The quantitative estimate of drug-likeness (QED) is 0.610. The van der Waals surface area contributed by atoms with E-state index in [0.717, 1.165) is 0 Å². The highest BCUT2D eigenvalue weighted by atomic mass is 16.5. The molecule has 0 bridgehead atoms. The molecular weight excluding hydrogens is 244 g/mol. The third-order valence-corrected chi connectivity index (χ3v) is 2.69. The van der Waals surface area contributed by atoms with E-state index in [-0.39, 0.29) is 5.60 Å². The van der Waals surface area contributed by atoms with Crippen molar-refractivity contribution in [3.8, 4) is 0 Å². The molecule has 0 saturated carbocycles. The predicted molar refractivity (Wildman–Crippen MR) is 76.4 cm³/mol. The van der Waals surface area contributed by atoms with E-state index >= 15 is 0 Å². The summed E-state index contributed by atoms with van der Waals surface area (Å²) in [7, 11) is 1.35. The number of methoxy groups -OCH3 is 1. The SMILES string of the molecule is CCOC(C)(C)CNc1ccc(N)cc1C(=O)OC. The number of hydrogen-bond acceptors (Lipinski definition) is 5. The predicted octanol–water partition coefficient (Wildman–Crippen LogP) is 2.28. The van der Waals surface area contributed by atoms with Crippen LogP contribution in [0.2, 0.25) is 0 Å². The number of ether oxygens (including phenoxy) is 2. The maximum Gasteiger partial charge on any atom is 0.340 e. The summed E-state index contributed by atoms with van der Waals surface area (Å²) >= 11 is 0. The minimum absolute atomic E-state index is 0.316. The van der Waals surface area contributed by atoms with Gasteiger partial charge >= 0.3 is 5.97 Å². The third kappa shape index (κ3) is 4.44. The first-order valence-corrected chi connectivity index (χ1v) is 6.25. The van der Waals surface area contributed by atoms with Crippen LogP contribution in [0.25, 0.3) is 0 Å². The summed E-state index contributed by atoms with van der Waals surface area (Å²) in [6, 6.07) is 5.11. The molecule has 0 aliphatic heterocycles. The Morgan fingerprint density at radius 1 is 1.42 bits per heavy atom. The lowest BCUT2D eigenvalue weighted by molar-refractivity contribution is 0.000656. The topological polar surface area (TPSA) is 73.6 Å². The maximum absolute atomic E-state index is 11.7. The highest BCUT2D eigenvalue weighted by molar-refractivity contribution is 5.96. The fraction of sp³-hybridized carbons (Fsp3) is 0.500. The number of anilines is 2. The summed E-state index contributed by atoms with van der Waals surface area (Å²) in [5.41, 5.74) is 7.01. The van der Waals surface area contributed by atoms with Gasteiger partial charge in [-0.25, -0.2) is 4.79 Å². The van der Waals surface area contributed by atoms with Crippen molar-refractivity contribution in [1.29, 1.82) is 0 Å². The van der Waals surface area contributed by atoms with Crippen molar-refractivity contribution in [2.75, 3.05) is 31.3 Å². The zero-order valence-corrected chi connectivity index (χ0v) is 11.9. The molecule has 0 atom stereocenters. The van der Waals surface area contributed by atoms with Gasteiger partial charge in [0.15, 0.2) is 0 Å². The van der Waals surface area contributed by atoms with Gasteiger partial charge in [0.2, 0.25) is 0 Å². The zero-order chi connectivity index (χ0) is 14.5. The average Bonchev–Trinajstić information content (AvgIpc) is 2.36. The van der Waals surface area contributed by atoms with Gasteiger partial charge in [0.25, 0.3) is 0 Å². The molecule has 5 heteroatoms. The van der Waals surface area contributed by atoms with E-state index in [2.05, 4.69) is 5.32 Å². The van der Waals surface area contributed by atoms with Crippen molar-refractivity contribution in [3.63, 3.8) is 0 Å². The molecule has 19 heavy (non-hydrogen) atoms. The molecule has 0 amide bonds. The number of hydrogen-bond donors (Lipinski definition) is 2. The summed E-state index contributed by atoms with van der Waals surface area (Å²) in [5.74, 6) is -0.413. The van der Waals surface area contributed by atoms with Gasteiger partial charge in [-0.15, -0.1) is 0 Å². The van der Waals surface area contributed by atoms with Crippen LogP contribution in [0.5, 0.6) is 0 Å². The number of carbonyl (C=O) groups excluding carboxylic acids is 1. The lowest BCUT2D eigenvalue weighted by Crippen LogP contribution is -2.33. The summed E-state index contributed by atoms with van der Waals surface area (Å²) < 4.78 is 10.3. The normalized spacial score (nSPS) is 11.2. The first-order valence-electron chi connectivity index (χ1n) is 6.25. The van der Waals surface area contributed by atoms with Gasteiger partial charge in [0.05, 0.1) is 18.3 Å². The summed E-state index contributed by atoms with van der Waals surface area (Å²) in [6.45, 7) is 7.14. The summed E-state index contributed by atoms with van der Waals surface area (Å²) in [4.78, 5) is 11.7. The number of rotatable bonds is 6. The van der Waals surface area contributed by atoms with E-state index in [0.29, 0.717) is 30.1 Å². The van der Waals surface area contributed by atoms with E-state index < -0.39 is 5.97 Å². The van der Waals surface area contributed by atoms with Gasteiger partial charge in [-0.3, -0.25) is 0 Å². The Morgan fingerprint density at radius 3 is 2.68 bits per heavy atom. The first kappa shape index (κ1) is 15.3. The minimum atomic E-state index is -0.413. The number of esters is 1. The minimum Gasteiger partial charge on any atom is -0.465 e. The zero-order valence-electron chi connectivity index (χ0n) is 11.9. The van der Waals surface area contributed by atoms with Crippen molar-refractivity contribution < 1.29 is 14.3 Å². The standard InChI is InChI=1S/C14H22N2O3/c1-5-19-14(2,3)9-16-12-7-6-10(15)8-11(12)13(17)18-4/h6-8,16H,5,9,15H2,1-4H3. The molecule has 0 heterocycles. The molecule has 3 N–H and O–H groups in total. The molecule has 5 nitrogen and oxygen atoms in total. The van der Waals surface area contributed by atoms with E-state index in [9.17, 15) is 4.79 Å². The molecule has 0 radical (unpaired) electrons. The second kappa shape index (κ2) is 6.43. The largest absolute Gasteiger partial charge is 0.465 e. The van der Waals surface area contributed by atoms with Crippen molar-refractivity contribution in [1.82, 2.24) is 0 Å². The van der Waals surface area contributed by atoms with Gasteiger partial charge < -0.3 is 20.5 Å². The number of nitrogens with one attached hydrogen (secondary N) is 1. The summed E-state index contributed by atoms with van der Waals surface area (Å²) in [5, 5.41) is 3.20. The fourth-order valence-corrected chi connectivity index (χ4v) is 1.74. The highest BCUT2D eigenvalue weighted by Crippen LogP contribution is 2.21. The Morgan fingerprint density at radius 2 is 2.11 bits per heavy atom. The molecule has 0 spiro atoms. The Labute approximate surface area is 114 Å². The molecule has 0 saturated heterocycles. The van der Waals surface area contributed by atoms with Crippen LogP contribution in [0, 0.1) is 0 Å². The molecule has 1 aromatic carbocycles. The van der Waals surface area contributed by atoms with Crippen LogP contribution in [0.3, 0.4) is 0 Å². The number of carbonyl (C=O) groups is 1. The summed E-state index contributed by atoms with van der Waals surface area (Å²) in [6.07, 6.45) is 0. The Kier molecular flexibility index (Phi) is 5.18. The fourth-order valence-electron chi connectivity index (χ4n) is 1.74. The Hall–Kier alpha value is -1.75. The van der Waals surface area contributed by atoms with Crippen LogP contribution in [0.1, 0.15) is 31.1 Å². The van der Waals surface area contributed by atoms with Crippen LogP contribution in [0.15, 0.2) is 18.2 Å². The molecule has 0 unspecified atom stereocenters. The molecule has 0 fully saturated rings. The average molecular weight is 266 g/mol. The number of nitrogens with two attached hydrogens (primary N) is 1. The maximum atomic E-state index is 11.7. The van der Waals surface area contributed by atoms with Gasteiger partial charge in [0.1, 0.15) is 0 Å². The Bertz CT molecular complexity index is 444. The lowest BCUT2D eigenvalue weighted by atomic mass is 10.1. The van der Waals surface area contributed by atoms with Crippen LogP contribution in [0.4, 0.5) is 11.4 Å². The molecule has 0 aliphatic rings. The van der Waals surface area contributed by atoms with Crippen LogP contribution >= 0.6 is 0 Å². The van der Waals surface area contributed by atoms with Gasteiger partial charge in [-0.05, 0) is 39.0 Å². The number of benzene rings is 1. The monoisotopic (exact) mass is 266 g/mol. The van der Waals surface area contributed by atoms with Crippen molar-refractivity contribution in [2.45, 2.75) is 26.4 Å². The van der Waals surface area contributed by atoms with E-state index in [1.165, 1.54) is 7.11 Å². The van der Waals surface area contributed by atoms with Crippen LogP contribution in [-0.2, 0) is 9.47 Å². The smallest absolute Gasteiger partial charge is 0.340 e. The van der Waals surface area contributed by atoms with E-state index in [1.807, 2.05) is 20.8 Å².